The molecule has 2 aromatic rings. The van der Waals surface area contributed by atoms with Crippen molar-refractivity contribution >= 4 is 35.6 Å². The molecule has 10 N–H and O–H groups in total. The van der Waals surface area contributed by atoms with Crippen LogP contribution in [-0.4, -0.2) is 75.1 Å². The zero-order valence-corrected chi connectivity index (χ0v) is 22.0. The summed E-state index contributed by atoms with van der Waals surface area (Å²) in [6.45, 7) is 0. The Kier molecular flexibility index (Phi) is 12.2. The number of aromatic hydroxyl groups is 1. The lowest BCUT2D eigenvalue weighted by Crippen LogP contribution is -2.58. The normalized spacial score (nSPS) is 13.6. The number of carbonyl (C=O) groups is 6. The van der Waals surface area contributed by atoms with E-state index in [1.54, 1.807) is 42.5 Å². The molecular weight excluding hydrogens is 538 g/mol. The first-order valence-electron chi connectivity index (χ1n) is 12.6. The number of hydrogen-bond acceptors (Lipinski definition) is 8. The fourth-order valence-corrected chi connectivity index (χ4v) is 3.80. The molecule has 0 spiro atoms. The zero-order valence-electron chi connectivity index (χ0n) is 22.0. The van der Waals surface area contributed by atoms with Gasteiger partial charge in [0.15, 0.2) is 0 Å². The molecule has 4 atom stereocenters. The first-order valence-corrected chi connectivity index (χ1v) is 12.6. The first kappa shape index (κ1) is 32.2. The summed E-state index contributed by atoms with van der Waals surface area (Å²) in [5.41, 5.74) is 12.4. The van der Waals surface area contributed by atoms with Gasteiger partial charge in [0, 0.05) is 12.8 Å². The Balaban J connectivity index is 2.15. The number of nitrogens with one attached hydrogen (secondary N) is 3. The molecule has 2 aromatic carbocycles. The average Bonchev–Trinajstić information content (AvgIpc) is 2.91. The third-order valence-corrected chi connectivity index (χ3v) is 5.94. The number of aliphatic carboxylic acids is 2. The van der Waals surface area contributed by atoms with Gasteiger partial charge in [-0.1, -0.05) is 42.5 Å². The van der Waals surface area contributed by atoms with Gasteiger partial charge in [0.2, 0.25) is 23.6 Å². The average molecular weight is 572 g/mol. The van der Waals surface area contributed by atoms with E-state index in [-0.39, 0.29) is 18.6 Å². The lowest BCUT2D eigenvalue weighted by atomic mass is 10.0. The second-order valence-corrected chi connectivity index (χ2v) is 9.29. The maximum absolute atomic E-state index is 13.1. The number of carboxylic acid groups (broad SMARTS) is 2. The van der Waals surface area contributed by atoms with Gasteiger partial charge in [-0.25, -0.2) is 4.79 Å². The Morgan fingerprint density at radius 1 is 0.707 bits per heavy atom. The van der Waals surface area contributed by atoms with E-state index in [1.807, 2.05) is 0 Å². The predicted octanol–water partition coefficient (Wildman–Crippen LogP) is -1.22. The molecule has 4 amide bonds. The van der Waals surface area contributed by atoms with Gasteiger partial charge in [-0.05, 0) is 36.1 Å². The number of carboxylic acids is 2. The van der Waals surface area contributed by atoms with Crippen molar-refractivity contribution in [2.75, 3.05) is 0 Å². The lowest BCUT2D eigenvalue weighted by molar-refractivity contribution is -0.143. The summed E-state index contributed by atoms with van der Waals surface area (Å²) < 4.78 is 0. The van der Waals surface area contributed by atoms with Crippen LogP contribution < -0.4 is 27.4 Å². The van der Waals surface area contributed by atoms with Gasteiger partial charge >= 0.3 is 11.9 Å². The van der Waals surface area contributed by atoms with E-state index < -0.39 is 79.0 Å². The molecule has 0 aliphatic heterocycles. The van der Waals surface area contributed by atoms with Crippen molar-refractivity contribution in [3.8, 4) is 5.75 Å². The molecule has 0 heterocycles. The minimum Gasteiger partial charge on any atom is -0.508 e. The van der Waals surface area contributed by atoms with Crippen molar-refractivity contribution in [3.05, 3.63) is 65.7 Å². The third-order valence-electron chi connectivity index (χ3n) is 5.94. The third kappa shape index (κ3) is 11.3. The van der Waals surface area contributed by atoms with Gasteiger partial charge in [0.05, 0.1) is 12.5 Å². The summed E-state index contributed by atoms with van der Waals surface area (Å²) in [6.07, 6.45) is -1.69. The lowest BCUT2D eigenvalue weighted by Gasteiger charge is -2.24. The van der Waals surface area contributed by atoms with E-state index in [4.69, 9.17) is 16.6 Å². The topological polar surface area (TPSA) is 251 Å². The van der Waals surface area contributed by atoms with Crippen LogP contribution in [0.1, 0.15) is 30.4 Å². The number of carbonyl (C=O) groups excluding carboxylic acids is 4. The van der Waals surface area contributed by atoms with E-state index in [1.165, 1.54) is 12.1 Å². The minimum absolute atomic E-state index is 0.0150. The van der Waals surface area contributed by atoms with E-state index >= 15 is 0 Å². The summed E-state index contributed by atoms with van der Waals surface area (Å²) in [7, 11) is 0. The Hall–Kier alpha value is -4.98. The van der Waals surface area contributed by atoms with Crippen LogP contribution in [-0.2, 0) is 41.6 Å². The fraction of sp³-hybridized carbons (Fsp3) is 0.333. The molecule has 0 bridgehead atoms. The van der Waals surface area contributed by atoms with Crippen LogP contribution in [0.3, 0.4) is 0 Å². The van der Waals surface area contributed by atoms with Gasteiger partial charge in [0.1, 0.15) is 23.9 Å². The molecular formula is C27H33N5O9. The van der Waals surface area contributed by atoms with Crippen molar-refractivity contribution in [1.29, 1.82) is 0 Å². The van der Waals surface area contributed by atoms with Crippen LogP contribution >= 0.6 is 0 Å². The van der Waals surface area contributed by atoms with E-state index in [2.05, 4.69) is 16.0 Å². The smallest absolute Gasteiger partial charge is 0.326 e. The number of amides is 4. The van der Waals surface area contributed by atoms with Gasteiger partial charge in [0.25, 0.3) is 0 Å². The molecule has 14 heteroatoms. The standard InChI is InChI=1S/C27H33N5O9/c28-18(12-16-6-8-17(33)9-7-16)24(37)31-20(14-22(29)34)26(39)30-19(10-11-23(35)36)25(38)32-21(27(40)41)13-15-4-2-1-3-5-15/h1-9,18-21,33H,10-14,28H2,(H2,29,34)(H,30,39)(H,31,37)(H,32,38)(H,35,36)(H,40,41). The second-order valence-electron chi connectivity index (χ2n) is 9.29. The van der Waals surface area contributed by atoms with Crippen LogP contribution in [0.15, 0.2) is 54.6 Å². The van der Waals surface area contributed by atoms with Crippen molar-refractivity contribution in [2.45, 2.75) is 56.3 Å². The predicted molar refractivity (Wildman–Crippen MR) is 144 cm³/mol. The van der Waals surface area contributed by atoms with Gasteiger partial charge in [-0.3, -0.25) is 24.0 Å². The highest BCUT2D eigenvalue weighted by Gasteiger charge is 2.31. The number of hydrogen-bond donors (Lipinski definition) is 8. The van der Waals surface area contributed by atoms with Crippen molar-refractivity contribution in [3.63, 3.8) is 0 Å². The largest absolute Gasteiger partial charge is 0.508 e. The number of phenolic OH excluding ortho intramolecular Hbond substituents is 1. The molecule has 2 rings (SSSR count). The van der Waals surface area contributed by atoms with Crippen LogP contribution in [0.25, 0.3) is 0 Å². The van der Waals surface area contributed by atoms with Crippen LogP contribution in [0.5, 0.6) is 5.75 Å². The number of benzene rings is 2. The van der Waals surface area contributed by atoms with Crippen LogP contribution in [0, 0.1) is 0 Å². The molecule has 0 fully saturated rings. The highest BCUT2D eigenvalue weighted by molar-refractivity contribution is 5.96. The zero-order chi connectivity index (χ0) is 30.5. The maximum atomic E-state index is 13.1. The Morgan fingerprint density at radius 3 is 1.80 bits per heavy atom. The Labute approximate surface area is 235 Å². The number of phenols is 1. The van der Waals surface area contributed by atoms with Gasteiger partial charge in [-0.15, -0.1) is 0 Å². The van der Waals surface area contributed by atoms with E-state index in [0.717, 1.165) is 0 Å². The Morgan fingerprint density at radius 2 is 1.24 bits per heavy atom. The second kappa shape index (κ2) is 15.6. The summed E-state index contributed by atoms with van der Waals surface area (Å²) in [5, 5.41) is 35.0. The highest BCUT2D eigenvalue weighted by Crippen LogP contribution is 2.11. The molecule has 0 saturated heterocycles. The maximum Gasteiger partial charge on any atom is 0.326 e. The van der Waals surface area contributed by atoms with Crippen molar-refractivity contribution < 1.29 is 44.1 Å². The molecule has 0 aliphatic carbocycles. The molecule has 0 aromatic heterocycles. The highest BCUT2D eigenvalue weighted by atomic mass is 16.4. The van der Waals surface area contributed by atoms with Crippen LogP contribution in [0.2, 0.25) is 0 Å². The van der Waals surface area contributed by atoms with Crippen molar-refractivity contribution in [2.24, 2.45) is 11.5 Å². The number of rotatable bonds is 16. The van der Waals surface area contributed by atoms with E-state index in [9.17, 15) is 39.0 Å². The molecule has 0 saturated carbocycles. The summed E-state index contributed by atoms with van der Waals surface area (Å²) in [6, 6.07) is 8.69. The monoisotopic (exact) mass is 571 g/mol. The molecule has 14 nitrogen and oxygen atoms in total. The molecule has 220 valence electrons. The Bertz CT molecular complexity index is 1240. The van der Waals surface area contributed by atoms with Crippen LogP contribution in [0.4, 0.5) is 0 Å². The minimum atomic E-state index is -1.56. The fourth-order valence-electron chi connectivity index (χ4n) is 3.80. The molecule has 0 aliphatic rings. The summed E-state index contributed by atoms with van der Waals surface area (Å²) in [4.78, 5) is 73.3. The summed E-state index contributed by atoms with van der Waals surface area (Å²) >= 11 is 0. The number of nitrogens with two attached hydrogens (primary N) is 2. The molecule has 4 unspecified atom stereocenters. The quantitative estimate of drug-likeness (QED) is 0.119. The van der Waals surface area contributed by atoms with Gasteiger partial charge in [-0.2, -0.15) is 0 Å². The molecule has 0 radical (unpaired) electrons. The van der Waals surface area contributed by atoms with Crippen molar-refractivity contribution in [1.82, 2.24) is 16.0 Å². The molecule has 41 heavy (non-hydrogen) atoms. The van der Waals surface area contributed by atoms with E-state index in [0.29, 0.717) is 11.1 Å². The SMILES string of the molecule is NC(=O)CC(NC(=O)C(N)Cc1ccc(O)cc1)C(=O)NC(CCC(=O)O)C(=O)NC(Cc1ccccc1)C(=O)O. The number of primary amides is 1. The summed E-state index contributed by atoms with van der Waals surface area (Å²) in [5.74, 6) is -6.41. The van der Waals surface area contributed by atoms with Gasteiger partial charge < -0.3 is 42.7 Å². The first-order chi connectivity index (χ1) is 19.3.